The fourth-order valence-corrected chi connectivity index (χ4v) is 4.47. The normalized spacial score (nSPS) is 10.6. The number of hydrogen-bond donors (Lipinski definition) is 0. The Kier molecular flexibility index (Phi) is 8.68. The van der Waals surface area contributed by atoms with Crippen molar-refractivity contribution < 1.29 is 14.3 Å². The molecule has 4 rings (SSSR count). The van der Waals surface area contributed by atoms with E-state index in [1.807, 2.05) is 60.2 Å². The highest BCUT2D eigenvalue weighted by Crippen LogP contribution is 2.32. The molecule has 0 aliphatic carbocycles. The van der Waals surface area contributed by atoms with Gasteiger partial charge in [0.25, 0.3) is 0 Å². The summed E-state index contributed by atoms with van der Waals surface area (Å²) in [5, 5.41) is 0.704. The van der Waals surface area contributed by atoms with Crippen LogP contribution in [0.2, 0.25) is 0 Å². The van der Waals surface area contributed by atoms with E-state index in [0.29, 0.717) is 24.7 Å². The van der Waals surface area contributed by atoms with E-state index in [2.05, 4.69) is 4.98 Å². The molecule has 7 nitrogen and oxygen atoms in total. The average Bonchev–Trinajstić information content (AvgIpc) is 3.47. The molecular formula is C24H27ClN4O3S. The van der Waals surface area contributed by atoms with E-state index in [0.717, 1.165) is 40.2 Å². The SMILES string of the molecule is CCOc1ccc(CC(=O)N(CCCn2ccnc2)c2nc3ccc(OC)cc3s2)cc1.Cl. The summed E-state index contributed by atoms with van der Waals surface area (Å²) in [7, 11) is 1.64. The highest BCUT2D eigenvalue weighted by Gasteiger charge is 2.20. The van der Waals surface area contributed by atoms with Crippen LogP contribution in [0.5, 0.6) is 11.5 Å². The van der Waals surface area contributed by atoms with Crippen molar-refractivity contribution >= 4 is 45.0 Å². The molecule has 0 atom stereocenters. The first-order valence-electron chi connectivity index (χ1n) is 10.6. The van der Waals surface area contributed by atoms with Gasteiger partial charge in [0.1, 0.15) is 11.5 Å². The number of aryl methyl sites for hydroxylation is 1. The highest BCUT2D eigenvalue weighted by atomic mass is 35.5. The van der Waals surface area contributed by atoms with Crippen molar-refractivity contribution in [2.75, 3.05) is 25.2 Å². The molecule has 0 saturated carbocycles. The second kappa shape index (κ2) is 11.7. The van der Waals surface area contributed by atoms with Gasteiger partial charge in [0.05, 0.1) is 36.7 Å². The van der Waals surface area contributed by atoms with Crippen molar-refractivity contribution in [2.24, 2.45) is 0 Å². The molecule has 0 unspecified atom stereocenters. The minimum Gasteiger partial charge on any atom is -0.497 e. The molecule has 9 heteroatoms. The lowest BCUT2D eigenvalue weighted by molar-refractivity contribution is -0.118. The number of hydrogen-bond acceptors (Lipinski definition) is 6. The van der Waals surface area contributed by atoms with Crippen LogP contribution in [-0.2, 0) is 17.8 Å². The summed E-state index contributed by atoms with van der Waals surface area (Å²) in [6, 6.07) is 13.5. The molecule has 0 saturated heterocycles. The van der Waals surface area contributed by atoms with Crippen molar-refractivity contribution in [1.29, 1.82) is 0 Å². The number of imidazole rings is 1. The number of fused-ring (bicyclic) bond motifs is 1. The second-order valence-electron chi connectivity index (χ2n) is 7.28. The largest absolute Gasteiger partial charge is 0.497 e. The Morgan fingerprint density at radius 2 is 1.94 bits per heavy atom. The smallest absolute Gasteiger partial charge is 0.233 e. The van der Waals surface area contributed by atoms with E-state index in [9.17, 15) is 4.79 Å². The maximum absolute atomic E-state index is 13.3. The first-order chi connectivity index (χ1) is 15.7. The summed E-state index contributed by atoms with van der Waals surface area (Å²) >= 11 is 1.51. The standard InChI is InChI=1S/C24H26N4O3S.ClH/c1-3-31-19-7-5-18(6-8-19)15-23(29)28(13-4-12-27-14-11-25-17-27)24-26-21-10-9-20(30-2)16-22(21)32-24;/h5-11,14,16-17H,3-4,12-13,15H2,1-2H3;1H. The summed E-state index contributed by atoms with van der Waals surface area (Å²) in [4.78, 5) is 23.9. The number of carbonyl (C=O) groups excluding carboxylic acids is 1. The molecule has 174 valence electrons. The van der Waals surface area contributed by atoms with Gasteiger partial charge in [-0.2, -0.15) is 0 Å². The third-order valence-electron chi connectivity index (χ3n) is 5.06. The molecule has 4 aromatic rings. The molecule has 33 heavy (non-hydrogen) atoms. The molecule has 2 aromatic heterocycles. The van der Waals surface area contributed by atoms with Crippen LogP contribution in [0, 0.1) is 0 Å². The number of rotatable bonds is 10. The number of carbonyl (C=O) groups is 1. The Morgan fingerprint density at radius 3 is 2.64 bits per heavy atom. The van der Waals surface area contributed by atoms with E-state index in [-0.39, 0.29) is 18.3 Å². The molecule has 0 spiro atoms. The molecule has 2 aromatic carbocycles. The van der Waals surface area contributed by atoms with Gasteiger partial charge in [-0.15, -0.1) is 12.4 Å². The van der Waals surface area contributed by atoms with E-state index in [1.54, 1.807) is 24.5 Å². The van der Waals surface area contributed by atoms with Gasteiger partial charge in [0, 0.05) is 25.5 Å². The Bertz CT molecular complexity index is 1160. The third-order valence-corrected chi connectivity index (χ3v) is 6.10. The number of aromatic nitrogens is 3. The summed E-state index contributed by atoms with van der Waals surface area (Å²) in [5.74, 6) is 1.60. The van der Waals surface area contributed by atoms with Crippen LogP contribution in [0.1, 0.15) is 18.9 Å². The van der Waals surface area contributed by atoms with Gasteiger partial charge in [-0.05, 0) is 49.2 Å². The van der Waals surface area contributed by atoms with Crippen LogP contribution in [0.15, 0.2) is 61.2 Å². The first kappa shape index (κ1) is 24.5. The number of halogens is 1. The van der Waals surface area contributed by atoms with Gasteiger partial charge in [-0.1, -0.05) is 23.5 Å². The van der Waals surface area contributed by atoms with Crippen molar-refractivity contribution in [3.8, 4) is 11.5 Å². The molecule has 0 aliphatic rings. The zero-order chi connectivity index (χ0) is 22.3. The van der Waals surface area contributed by atoms with Crippen molar-refractivity contribution in [1.82, 2.24) is 14.5 Å². The van der Waals surface area contributed by atoms with Crippen LogP contribution >= 0.6 is 23.7 Å². The number of methoxy groups -OCH3 is 1. The number of amides is 1. The molecule has 0 bridgehead atoms. The van der Waals surface area contributed by atoms with Crippen molar-refractivity contribution in [3.63, 3.8) is 0 Å². The first-order valence-corrected chi connectivity index (χ1v) is 11.4. The van der Waals surface area contributed by atoms with Gasteiger partial charge in [-0.25, -0.2) is 9.97 Å². The number of nitrogens with zero attached hydrogens (tertiary/aromatic N) is 4. The Balaban J connectivity index is 0.00000306. The molecule has 2 heterocycles. The van der Waals surface area contributed by atoms with Gasteiger partial charge in [0.15, 0.2) is 5.13 Å². The van der Waals surface area contributed by atoms with Crippen LogP contribution in [0.4, 0.5) is 5.13 Å². The van der Waals surface area contributed by atoms with Gasteiger partial charge in [0.2, 0.25) is 5.91 Å². The summed E-state index contributed by atoms with van der Waals surface area (Å²) in [5.41, 5.74) is 1.81. The van der Waals surface area contributed by atoms with Crippen molar-refractivity contribution in [2.45, 2.75) is 26.3 Å². The molecular weight excluding hydrogens is 460 g/mol. The molecule has 0 N–H and O–H groups in total. The molecule has 0 fully saturated rings. The molecule has 0 aliphatic heterocycles. The fraction of sp³-hybridized carbons (Fsp3) is 0.292. The van der Waals surface area contributed by atoms with E-state index < -0.39 is 0 Å². The number of thiazole rings is 1. The number of benzene rings is 2. The van der Waals surface area contributed by atoms with Gasteiger partial charge in [-0.3, -0.25) is 9.69 Å². The lowest BCUT2D eigenvalue weighted by atomic mass is 10.1. The van der Waals surface area contributed by atoms with E-state index in [4.69, 9.17) is 14.5 Å². The zero-order valence-corrected chi connectivity index (χ0v) is 20.3. The molecule has 1 amide bonds. The second-order valence-corrected chi connectivity index (χ2v) is 8.29. The minimum absolute atomic E-state index is 0. The lowest BCUT2D eigenvalue weighted by Crippen LogP contribution is -2.33. The van der Waals surface area contributed by atoms with Gasteiger partial charge >= 0.3 is 0 Å². The van der Waals surface area contributed by atoms with Crippen LogP contribution in [0.3, 0.4) is 0 Å². The zero-order valence-electron chi connectivity index (χ0n) is 18.6. The topological polar surface area (TPSA) is 69.5 Å². The van der Waals surface area contributed by atoms with E-state index >= 15 is 0 Å². The average molecular weight is 487 g/mol. The monoisotopic (exact) mass is 486 g/mol. The maximum atomic E-state index is 13.3. The predicted octanol–water partition coefficient (Wildman–Crippen LogP) is 4.99. The van der Waals surface area contributed by atoms with Crippen LogP contribution in [-0.4, -0.2) is 40.7 Å². The number of ether oxygens (including phenoxy) is 2. The third kappa shape index (κ3) is 6.24. The Labute approximate surface area is 203 Å². The summed E-state index contributed by atoms with van der Waals surface area (Å²) < 4.78 is 13.8. The lowest BCUT2D eigenvalue weighted by Gasteiger charge is -2.20. The van der Waals surface area contributed by atoms with Crippen LogP contribution in [0.25, 0.3) is 10.2 Å². The van der Waals surface area contributed by atoms with Crippen molar-refractivity contribution in [3.05, 3.63) is 66.7 Å². The van der Waals surface area contributed by atoms with E-state index in [1.165, 1.54) is 11.3 Å². The quantitative estimate of drug-likeness (QED) is 0.316. The Morgan fingerprint density at radius 1 is 1.15 bits per heavy atom. The van der Waals surface area contributed by atoms with Gasteiger partial charge < -0.3 is 14.0 Å². The number of anilines is 1. The summed E-state index contributed by atoms with van der Waals surface area (Å²) in [6.45, 7) is 3.93. The molecule has 0 radical (unpaired) electrons. The Hall–Kier alpha value is -3.10. The maximum Gasteiger partial charge on any atom is 0.233 e. The predicted molar refractivity (Wildman–Crippen MR) is 134 cm³/mol. The fourth-order valence-electron chi connectivity index (χ4n) is 3.43. The highest BCUT2D eigenvalue weighted by molar-refractivity contribution is 7.22. The summed E-state index contributed by atoms with van der Waals surface area (Å²) in [6.07, 6.45) is 6.57. The van der Waals surface area contributed by atoms with Crippen LogP contribution < -0.4 is 14.4 Å². The minimum atomic E-state index is 0.